The molecule has 1 saturated heterocycles. The van der Waals surface area contributed by atoms with E-state index in [2.05, 4.69) is 21.7 Å². The fourth-order valence-electron chi connectivity index (χ4n) is 3.78. The van der Waals surface area contributed by atoms with E-state index in [1.165, 1.54) is 11.3 Å². The zero-order valence-corrected chi connectivity index (χ0v) is 21.3. The van der Waals surface area contributed by atoms with Gasteiger partial charge in [0.2, 0.25) is 0 Å². The number of amides is 2. The van der Waals surface area contributed by atoms with Gasteiger partial charge in [-0.2, -0.15) is 5.26 Å². The molecule has 2 amide bonds. The Morgan fingerprint density at radius 2 is 1.94 bits per heavy atom. The number of likely N-dealkylation sites (tertiary alicyclic amines) is 1. The van der Waals surface area contributed by atoms with Crippen LogP contribution in [0, 0.1) is 11.3 Å². The van der Waals surface area contributed by atoms with E-state index < -0.39 is 24.0 Å². The van der Waals surface area contributed by atoms with Crippen molar-refractivity contribution >= 4 is 34.4 Å². The highest BCUT2D eigenvalue weighted by Crippen LogP contribution is 2.22. The number of piperidine rings is 1. The van der Waals surface area contributed by atoms with Crippen LogP contribution in [0.3, 0.4) is 0 Å². The number of nitrogens with zero attached hydrogens (tertiary/aromatic N) is 3. The third-order valence-corrected chi connectivity index (χ3v) is 6.50. The Hall–Kier alpha value is -3.65. The van der Waals surface area contributed by atoms with Crippen LogP contribution in [0.4, 0.5) is 9.93 Å². The summed E-state index contributed by atoms with van der Waals surface area (Å²) in [5.41, 5.74) is 1.03. The van der Waals surface area contributed by atoms with Gasteiger partial charge in [0, 0.05) is 30.9 Å². The van der Waals surface area contributed by atoms with Gasteiger partial charge in [-0.3, -0.25) is 4.79 Å². The maximum atomic E-state index is 12.7. The van der Waals surface area contributed by atoms with E-state index in [9.17, 15) is 19.6 Å². The van der Waals surface area contributed by atoms with Crippen LogP contribution in [-0.2, 0) is 20.7 Å². The molecule has 2 atom stereocenters. The minimum atomic E-state index is -1.03. The molecule has 2 aromatic rings. The molecule has 1 aliphatic heterocycles. The Morgan fingerprint density at radius 1 is 1.22 bits per heavy atom. The first-order chi connectivity index (χ1) is 17.4. The first-order valence-corrected chi connectivity index (χ1v) is 12.9. The standard InChI is InChI=1S/C25H31N5O5S/c1-3-21(22(31)27-19(15-26)14-17-8-6-5-7-9-17)35-23(32)20-16-36-24(29-20)28-18-10-12-30(13-11-18)25(33)34-4-2/h5-9,16,18-19,21H,3-4,10-14H2,1-2H3,(H,27,31)(H,28,29)/t19-,21-/m0/s1. The Bertz CT molecular complexity index is 1060. The SMILES string of the molecule is CCOC(=O)N1CCC(Nc2nc(C(=O)O[C@@H](CC)C(=O)N[C@H](C#N)Cc3ccccc3)cs2)CC1. The number of hydrogen-bond acceptors (Lipinski definition) is 9. The van der Waals surface area contributed by atoms with Crippen LogP contribution in [0.5, 0.6) is 0 Å². The lowest BCUT2D eigenvalue weighted by Crippen LogP contribution is -2.43. The van der Waals surface area contributed by atoms with Crippen LogP contribution in [0.25, 0.3) is 0 Å². The maximum absolute atomic E-state index is 12.7. The van der Waals surface area contributed by atoms with Crippen LogP contribution in [0.1, 0.15) is 49.2 Å². The number of benzene rings is 1. The molecule has 10 nitrogen and oxygen atoms in total. The van der Waals surface area contributed by atoms with Gasteiger partial charge in [0.15, 0.2) is 16.9 Å². The molecule has 192 valence electrons. The summed E-state index contributed by atoms with van der Waals surface area (Å²) >= 11 is 1.27. The van der Waals surface area contributed by atoms with Gasteiger partial charge in [-0.05, 0) is 31.7 Å². The van der Waals surface area contributed by atoms with Gasteiger partial charge in [0.1, 0.15) is 6.04 Å². The number of rotatable bonds is 10. The van der Waals surface area contributed by atoms with Crippen molar-refractivity contribution < 1.29 is 23.9 Å². The zero-order chi connectivity index (χ0) is 25.9. The maximum Gasteiger partial charge on any atom is 0.409 e. The fraction of sp³-hybridized carbons (Fsp3) is 0.480. The molecule has 11 heteroatoms. The van der Waals surface area contributed by atoms with E-state index >= 15 is 0 Å². The van der Waals surface area contributed by atoms with E-state index in [1.807, 2.05) is 30.3 Å². The predicted octanol–water partition coefficient (Wildman–Crippen LogP) is 3.36. The summed E-state index contributed by atoms with van der Waals surface area (Å²) < 4.78 is 10.4. The minimum absolute atomic E-state index is 0.110. The average molecular weight is 514 g/mol. The van der Waals surface area contributed by atoms with Crippen molar-refractivity contribution in [2.75, 3.05) is 25.0 Å². The number of thiazole rings is 1. The number of hydrogen-bond donors (Lipinski definition) is 2. The molecule has 0 saturated carbocycles. The topological polar surface area (TPSA) is 134 Å². The smallest absolute Gasteiger partial charge is 0.409 e. The molecule has 0 radical (unpaired) electrons. The second kappa shape index (κ2) is 13.4. The first kappa shape index (κ1) is 26.9. The Labute approximate surface area is 214 Å². The molecular weight excluding hydrogens is 482 g/mol. The van der Waals surface area contributed by atoms with Crippen LogP contribution in [0.2, 0.25) is 0 Å². The Kier molecular flexibility index (Phi) is 10.1. The van der Waals surface area contributed by atoms with Crippen LogP contribution >= 0.6 is 11.3 Å². The molecule has 2 N–H and O–H groups in total. The van der Waals surface area contributed by atoms with Crippen molar-refractivity contribution in [1.82, 2.24) is 15.2 Å². The summed E-state index contributed by atoms with van der Waals surface area (Å²) in [6.45, 7) is 5.02. The first-order valence-electron chi connectivity index (χ1n) is 12.0. The monoisotopic (exact) mass is 513 g/mol. The van der Waals surface area contributed by atoms with E-state index in [-0.39, 0.29) is 24.2 Å². The molecule has 1 aromatic carbocycles. The van der Waals surface area contributed by atoms with E-state index in [0.717, 1.165) is 18.4 Å². The van der Waals surface area contributed by atoms with Gasteiger partial charge in [0.05, 0.1) is 12.7 Å². The molecular formula is C25H31N5O5S. The second-order valence-corrected chi connectivity index (χ2v) is 9.18. The van der Waals surface area contributed by atoms with E-state index in [0.29, 0.717) is 31.2 Å². The van der Waals surface area contributed by atoms with Crippen molar-refractivity contribution in [2.24, 2.45) is 0 Å². The summed E-state index contributed by atoms with van der Waals surface area (Å²) in [5.74, 6) is -1.22. The van der Waals surface area contributed by atoms with Crippen molar-refractivity contribution in [1.29, 1.82) is 5.26 Å². The largest absolute Gasteiger partial charge is 0.450 e. The molecule has 3 rings (SSSR count). The van der Waals surface area contributed by atoms with Gasteiger partial charge in [-0.25, -0.2) is 14.6 Å². The van der Waals surface area contributed by atoms with Crippen molar-refractivity contribution in [2.45, 2.75) is 57.7 Å². The fourth-order valence-corrected chi connectivity index (χ4v) is 4.54. The van der Waals surface area contributed by atoms with Gasteiger partial charge < -0.3 is 25.0 Å². The highest BCUT2D eigenvalue weighted by molar-refractivity contribution is 7.13. The minimum Gasteiger partial charge on any atom is -0.450 e. The lowest BCUT2D eigenvalue weighted by Gasteiger charge is -2.31. The van der Waals surface area contributed by atoms with E-state index in [1.54, 1.807) is 24.1 Å². The lowest BCUT2D eigenvalue weighted by molar-refractivity contribution is -0.130. The number of anilines is 1. The molecule has 0 bridgehead atoms. The summed E-state index contributed by atoms with van der Waals surface area (Å²) in [7, 11) is 0. The molecule has 1 aliphatic rings. The highest BCUT2D eigenvalue weighted by Gasteiger charge is 2.27. The predicted molar refractivity (Wildman–Crippen MR) is 135 cm³/mol. The second-order valence-electron chi connectivity index (χ2n) is 8.32. The molecule has 0 aliphatic carbocycles. The highest BCUT2D eigenvalue weighted by atomic mass is 32.1. The van der Waals surface area contributed by atoms with Crippen LogP contribution in [-0.4, -0.2) is 65.7 Å². The van der Waals surface area contributed by atoms with Gasteiger partial charge in [-0.15, -0.1) is 11.3 Å². The van der Waals surface area contributed by atoms with Crippen molar-refractivity contribution in [3.05, 3.63) is 47.0 Å². The number of esters is 1. The normalized spacial score (nSPS) is 15.3. The number of ether oxygens (including phenoxy) is 2. The molecule has 1 aromatic heterocycles. The molecule has 1 fully saturated rings. The summed E-state index contributed by atoms with van der Waals surface area (Å²) in [6, 6.07) is 10.8. The zero-order valence-electron chi connectivity index (χ0n) is 20.4. The average Bonchev–Trinajstić information content (AvgIpc) is 3.36. The van der Waals surface area contributed by atoms with Crippen molar-refractivity contribution in [3.63, 3.8) is 0 Å². The summed E-state index contributed by atoms with van der Waals surface area (Å²) in [5, 5.41) is 17.5. The number of carbonyl (C=O) groups is 3. The molecule has 0 unspecified atom stereocenters. The Morgan fingerprint density at radius 3 is 2.58 bits per heavy atom. The van der Waals surface area contributed by atoms with Crippen molar-refractivity contribution in [3.8, 4) is 6.07 Å². The van der Waals surface area contributed by atoms with Crippen LogP contribution in [0.15, 0.2) is 35.7 Å². The number of nitriles is 1. The number of nitrogens with one attached hydrogen (secondary N) is 2. The molecule has 2 heterocycles. The number of aromatic nitrogens is 1. The lowest BCUT2D eigenvalue weighted by atomic mass is 10.1. The Balaban J connectivity index is 1.49. The van der Waals surface area contributed by atoms with Gasteiger partial charge in [0.25, 0.3) is 5.91 Å². The van der Waals surface area contributed by atoms with Gasteiger partial charge >= 0.3 is 12.1 Å². The van der Waals surface area contributed by atoms with Gasteiger partial charge in [-0.1, -0.05) is 37.3 Å². The number of carbonyl (C=O) groups excluding carboxylic acids is 3. The van der Waals surface area contributed by atoms with E-state index in [4.69, 9.17) is 9.47 Å². The van der Waals surface area contributed by atoms with Crippen LogP contribution < -0.4 is 10.6 Å². The molecule has 0 spiro atoms. The summed E-state index contributed by atoms with van der Waals surface area (Å²) in [4.78, 5) is 43.1. The third kappa shape index (κ3) is 7.68. The summed E-state index contributed by atoms with van der Waals surface area (Å²) in [6.07, 6.45) is 0.752. The third-order valence-electron chi connectivity index (χ3n) is 5.73. The quantitative estimate of drug-likeness (QED) is 0.462. The molecule has 36 heavy (non-hydrogen) atoms.